The lowest BCUT2D eigenvalue weighted by Gasteiger charge is -2.13. The van der Waals surface area contributed by atoms with Crippen molar-refractivity contribution in [1.29, 1.82) is 0 Å². The van der Waals surface area contributed by atoms with E-state index in [1.54, 1.807) is 43.5 Å². The summed E-state index contributed by atoms with van der Waals surface area (Å²) < 4.78 is 10.5. The number of rotatable bonds is 9. The number of hydrogen-bond acceptors (Lipinski definition) is 4. The number of amides is 2. The van der Waals surface area contributed by atoms with E-state index in [9.17, 15) is 9.59 Å². The van der Waals surface area contributed by atoms with Gasteiger partial charge in [0.1, 0.15) is 5.75 Å². The zero-order valence-electron chi connectivity index (χ0n) is 17.1. The van der Waals surface area contributed by atoms with Crippen molar-refractivity contribution in [3.05, 3.63) is 83.4 Å². The third kappa shape index (κ3) is 6.31. The third-order valence-corrected chi connectivity index (χ3v) is 4.73. The van der Waals surface area contributed by atoms with Crippen molar-refractivity contribution < 1.29 is 19.1 Å². The van der Waals surface area contributed by atoms with Gasteiger partial charge in [0.2, 0.25) is 0 Å². The fraction of sp³-hybridized carbons (Fsp3) is 0.167. The molecule has 3 aromatic carbocycles. The molecule has 0 aliphatic carbocycles. The van der Waals surface area contributed by atoms with Gasteiger partial charge in [-0.2, -0.15) is 0 Å². The Morgan fingerprint density at radius 3 is 2.42 bits per heavy atom. The number of carbonyl (C=O) groups excluding carboxylic acids is 2. The van der Waals surface area contributed by atoms with Crippen molar-refractivity contribution >= 4 is 29.1 Å². The molecule has 0 aromatic heterocycles. The molecule has 0 fully saturated rings. The first-order valence-electron chi connectivity index (χ1n) is 9.72. The summed E-state index contributed by atoms with van der Waals surface area (Å²) in [6.07, 6.45) is 0. The molecule has 0 bridgehead atoms. The van der Waals surface area contributed by atoms with E-state index < -0.39 is 5.91 Å². The second kappa shape index (κ2) is 11.2. The Kier molecular flexibility index (Phi) is 8.04. The predicted octanol–water partition coefficient (Wildman–Crippen LogP) is 4.40. The Morgan fingerprint density at radius 2 is 1.68 bits per heavy atom. The Balaban J connectivity index is 1.60. The summed E-state index contributed by atoms with van der Waals surface area (Å²) in [6, 6.07) is 22.0. The van der Waals surface area contributed by atoms with Crippen LogP contribution in [0.5, 0.6) is 5.75 Å². The fourth-order valence-corrected chi connectivity index (χ4v) is 3.14. The molecule has 7 heteroatoms. The molecule has 0 saturated heterocycles. The second-order valence-electron chi connectivity index (χ2n) is 6.64. The first kappa shape index (κ1) is 22.3. The Bertz CT molecular complexity index is 1040. The van der Waals surface area contributed by atoms with Gasteiger partial charge in [0, 0.05) is 13.7 Å². The zero-order chi connectivity index (χ0) is 22.1. The molecule has 0 unspecified atom stereocenters. The van der Waals surface area contributed by atoms with Crippen LogP contribution in [0.15, 0.2) is 72.8 Å². The number of nitrogens with one attached hydrogen (secondary N) is 2. The van der Waals surface area contributed by atoms with Gasteiger partial charge in [0.05, 0.1) is 22.9 Å². The number of para-hydroxylation sites is 1. The number of anilines is 1. The molecule has 0 atom stereocenters. The van der Waals surface area contributed by atoms with Gasteiger partial charge in [-0.1, -0.05) is 60.1 Å². The van der Waals surface area contributed by atoms with Gasteiger partial charge in [0.15, 0.2) is 6.61 Å². The first-order valence-corrected chi connectivity index (χ1v) is 10.1. The maximum absolute atomic E-state index is 12.4. The maximum Gasteiger partial charge on any atom is 0.262 e. The number of methoxy groups -OCH3 is 1. The molecular formula is C24H23ClN2O4. The van der Waals surface area contributed by atoms with Crippen molar-refractivity contribution in [1.82, 2.24) is 5.32 Å². The van der Waals surface area contributed by atoms with Gasteiger partial charge >= 0.3 is 0 Å². The number of ether oxygens (including phenoxy) is 2. The van der Waals surface area contributed by atoms with Gasteiger partial charge in [-0.3, -0.25) is 9.59 Å². The van der Waals surface area contributed by atoms with Crippen LogP contribution in [-0.4, -0.2) is 38.7 Å². The van der Waals surface area contributed by atoms with Gasteiger partial charge in [-0.05, 0) is 35.4 Å². The van der Waals surface area contributed by atoms with E-state index in [4.69, 9.17) is 21.1 Å². The van der Waals surface area contributed by atoms with E-state index in [-0.39, 0.29) is 12.5 Å². The van der Waals surface area contributed by atoms with Crippen LogP contribution in [-0.2, 0) is 9.53 Å². The minimum atomic E-state index is -0.402. The maximum atomic E-state index is 12.4. The van der Waals surface area contributed by atoms with E-state index in [0.29, 0.717) is 35.2 Å². The summed E-state index contributed by atoms with van der Waals surface area (Å²) >= 11 is 6.33. The third-order valence-electron chi connectivity index (χ3n) is 4.44. The lowest BCUT2D eigenvalue weighted by Crippen LogP contribution is -2.29. The highest BCUT2D eigenvalue weighted by atomic mass is 35.5. The smallest absolute Gasteiger partial charge is 0.262 e. The van der Waals surface area contributed by atoms with Crippen molar-refractivity contribution in [2.24, 2.45) is 0 Å². The Labute approximate surface area is 186 Å². The molecule has 2 amide bonds. The molecule has 0 spiro atoms. The summed E-state index contributed by atoms with van der Waals surface area (Å²) in [6.45, 7) is 0.528. The summed E-state index contributed by atoms with van der Waals surface area (Å²) in [7, 11) is 1.56. The van der Waals surface area contributed by atoms with Crippen LogP contribution < -0.4 is 15.4 Å². The van der Waals surface area contributed by atoms with Crippen LogP contribution in [0.2, 0.25) is 5.02 Å². The van der Waals surface area contributed by atoms with Gasteiger partial charge in [0.25, 0.3) is 11.8 Å². The van der Waals surface area contributed by atoms with E-state index in [1.807, 2.05) is 36.4 Å². The zero-order valence-corrected chi connectivity index (χ0v) is 17.8. The summed E-state index contributed by atoms with van der Waals surface area (Å²) in [5.74, 6) is -0.296. The quantitative estimate of drug-likeness (QED) is 0.485. The van der Waals surface area contributed by atoms with E-state index >= 15 is 0 Å². The molecular weight excluding hydrogens is 416 g/mol. The van der Waals surface area contributed by atoms with Crippen LogP contribution in [0.1, 0.15) is 10.4 Å². The fourth-order valence-electron chi connectivity index (χ4n) is 2.91. The molecule has 0 aliphatic heterocycles. The summed E-state index contributed by atoms with van der Waals surface area (Å²) in [4.78, 5) is 24.7. The molecule has 6 nitrogen and oxygen atoms in total. The van der Waals surface area contributed by atoms with Crippen LogP contribution in [0.3, 0.4) is 0 Å². The number of benzene rings is 3. The minimum absolute atomic E-state index is 0.246. The number of hydrogen-bond donors (Lipinski definition) is 2. The molecule has 31 heavy (non-hydrogen) atoms. The summed E-state index contributed by atoms with van der Waals surface area (Å²) in [5, 5.41) is 5.85. The summed E-state index contributed by atoms with van der Waals surface area (Å²) in [5.41, 5.74) is 2.75. The predicted molar refractivity (Wildman–Crippen MR) is 122 cm³/mol. The highest BCUT2D eigenvalue weighted by Crippen LogP contribution is 2.30. The Morgan fingerprint density at radius 1 is 0.935 bits per heavy atom. The lowest BCUT2D eigenvalue weighted by molar-refractivity contribution is -0.118. The van der Waals surface area contributed by atoms with Crippen molar-refractivity contribution in [3.8, 4) is 16.9 Å². The molecule has 0 heterocycles. The van der Waals surface area contributed by atoms with Crippen molar-refractivity contribution in [2.45, 2.75) is 0 Å². The Hall–Kier alpha value is -3.35. The monoisotopic (exact) mass is 438 g/mol. The number of halogens is 1. The highest BCUT2D eigenvalue weighted by Gasteiger charge is 2.14. The van der Waals surface area contributed by atoms with Gasteiger partial charge in [-0.15, -0.1) is 0 Å². The average Bonchev–Trinajstić information content (AvgIpc) is 2.79. The normalized spacial score (nSPS) is 10.4. The lowest BCUT2D eigenvalue weighted by atomic mass is 10.1. The average molecular weight is 439 g/mol. The van der Waals surface area contributed by atoms with E-state index in [1.165, 1.54) is 0 Å². The topological polar surface area (TPSA) is 76.7 Å². The molecule has 0 radical (unpaired) electrons. The first-order chi connectivity index (χ1) is 15.1. The number of carbonyl (C=O) groups is 2. The second-order valence-corrected chi connectivity index (χ2v) is 7.05. The highest BCUT2D eigenvalue weighted by molar-refractivity contribution is 6.32. The largest absolute Gasteiger partial charge is 0.482 e. The van der Waals surface area contributed by atoms with Gasteiger partial charge < -0.3 is 20.1 Å². The van der Waals surface area contributed by atoms with E-state index in [0.717, 1.165) is 11.1 Å². The standard InChI is InChI=1S/C24H23ClN2O4/c1-30-14-13-26-24(29)19-9-5-6-10-21(19)27-23(28)16-31-22-12-11-18(15-20(22)25)17-7-3-2-4-8-17/h2-12,15H,13-14,16H2,1H3,(H,26,29)(H,27,28). The molecule has 2 N–H and O–H groups in total. The molecule has 0 saturated carbocycles. The molecule has 3 aromatic rings. The van der Waals surface area contributed by atoms with Crippen molar-refractivity contribution in [2.75, 3.05) is 32.2 Å². The van der Waals surface area contributed by atoms with Crippen LogP contribution in [0.4, 0.5) is 5.69 Å². The van der Waals surface area contributed by atoms with Crippen LogP contribution in [0.25, 0.3) is 11.1 Å². The SMILES string of the molecule is COCCNC(=O)c1ccccc1NC(=O)COc1ccc(-c2ccccc2)cc1Cl. The molecule has 3 rings (SSSR count). The molecule has 0 aliphatic rings. The van der Waals surface area contributed by atoms with Crippen molar-refractivity contribution in [3.63, 3.8) is 0 Å². The van der Waals surface area contributed by atoms with Crippen LogP contribution in [0, 0.1) is 0 Å². The van der Waals surface area contributed by atoms with E-state index in [2.05, 4.69) is 10.6 Å². The minimum Gasteiger partial charge on any atom is -0.482 e. The van der Waals surface area contributed by atoms with Crippen LogP contribution >= 0.6 is 11.6 Å². The van der Waals surface area contributed by atoms with Gasteiger partial charge in [-0.25, -0.2) is 0 Å². The molecule has 160 valence electrons.